The normalized spacial score (nSPS) is 11.2. The predicted octanol–water partition coefficient (Wildman–Crippen LogP) is 3.58. The molecule has 10 heteroatoms. The maximum Gasteiger partial charge on any atom is 0.237 e. The van der Waals surface area contributed by atoms with Gasteiger partial charge in [-0.15, -0.1) is 10.2 Å². The number of nitrogens with zero attached hydrogens (tertiary/aromatic N) is 5. The number of hydrogen-bond acceptors (Lipinski definition) is 8. The van der Waals surface area contributed by atoms with Crippen molar-refractivity contribution in [1.29, 1.82) is 0 Å². The van der Waals surface area contributed by atoms with E-state index in [0.717, 1.165) is 10.5 Å². The highest BCUT2D eigenvalue weighted by atomic mass is 32.2. The summed E-state index contributed by atoms with van der Waals surface area (Å²) in [6.07, 6.45) is 1.65. The Balaban J connectivity index is 1.66. The number of benzene rings is 1. The molecule has 0 aliphatic carbocycles. The number of aromatic nitrogens is 5. The Morgan fingerprint density at radius 3 is 2.66 bits per heavy atom. The van der Waals surface area contributed by atoms with Crippen LogP contribution in [0.4, 0.5) is 10.1 Å². The molecule has 0 unspecified atom stereocenters. The molecule has 0 saturated heterocycles. The highest BCUT2D eigenvalue weighted by Gasteiger charge is 2.12. The number of nitrogens with one attached hydrogen (secondary N) is 1. The molecule has 3 heterocycles. The van der Waals surface area contributed by atoms with E-state index in [4.69, 9.17) is 4.74 Å². The van der Waals surface area contributed by atoms with Crippen LogP contribution in [0.5, 0.6) is 5.88 Å². The number of rotatable bonds is 5. The van der Waals surface area contributed by atoms with E-state index in [1.165, 1.54) is 35.7 Å². The van der Waals surface area contributed by atoms with Crippen LogP contribution in [0.3, 0.4) is 0 Å². The molecule has 0 fully saturated rings. The van der Waals surface area contributed by atoms with Gasteiger partial charge in [0.25, 0.3) is 0 Å². The summed E-state index contributed by atoms with van der Waals surface area (Å²) in [4.78, 5) is 5.19. The van der Waals surface area contributed by atoms with Crippen LogP contribution in [0.1, 0.15) is 19.7 Å². The Labute approximate surface area is 188 Å². The molecule has 0 atom stereocenters. The number of aliphatic hydroxyl groups is 1. The molecule has 0 radical (unpaired) electrons. The van der Waals surface area contributed by atoms with Crippen LogP contribution in [0.15, 0.2) is 53.6 Å². The second-order valence-electron chi connectivity index (χ2n) is 7.26. The maximum atomic E-state index is 13.1. The van der Waals surface area contributed by atoms with Gasteiger partial charge in [-0.3, -0.25) is 0 Å². The van der Waals surface area contributed by atoms with Crippen LogP contribution in [0.2, 0.25) is 0 Å². The van der Waals surface area contributed by atoms with Crippen LogP contribution >= 0.6 is 11.9 Å². The fourth-order valence-corrected chi connectivity index (χ4v) is 3.32. The van der Waals surface area contributed by atoms with Crippen molar-refractivity contribution in [1.82, 2.24) is 24.8 Å². The van der Waals surface area contributed by atoms with Gasteiger partial charge < -0.3 is 14.6 Å². The first-order chi connectivity index (χ1) is 15.3. The Bertz CT molecular complexity index is 1320. The van der Waals surface area contributed by atoms with E-state index < -0.39 is 5.60 Å². The molecule has 4 rings (SSSR count). The molecule has 3 aromatic heterocycles. The molecule has 0 spiro atoms. The molecule has 2 N–H and O–H groups in total. The van der Waals surface area contributed by atoms with Crippen LogP contribution in [-0.4, -0.2) is 42.6 Å². The zero-order valence-corrected chi connectivity index (χ0v) is 18.3. The molecule has 0 saturated carbocycles. The van der Waals surface area contributed by atoms with Crippen molar-refractivity contribution in [3.05, 3.63) is 60.3 Å². The zero-order valence-electron chi connectivity index (χ0n) is 17.5. The van der Waals surface area contributed by atoms with Gasteiger partial charge in [0.2, 0.25) is 11.7 Å². The average molecular weight is 450 g/mol. The van der Waals surface area contributed by atoms with Crippen LogP contribution in [-0.2, 0) is 0 Å². The lowest BCUT2D eigenvalue weighted by Gasteiger charge is -2.11. The van der Waals surface area contributed by atoms with Crippen molar-refractivity contribution in [2.24, 2.45) is 0 Å². The summed E-state index contributed by atoms with van der Waals surface area (Å²) in [5, 5.41) is 22.5. The maximum absolute atomic E-state index is 13.1. The molecule has 0 amide bonds. The standard InChI is InChI=1S/C22H19FN6O2S/c1-22(2,30)11-10-20-26-25-19-9-8-17(27-29(19)20)14-12-18(21(31-3)24-13-14)28-32-16-6-4-15(23)5-7-16/h4-9,12-13,28,30H,1-3H3. The summed E-state index contributed by atoms with van der Waals surface area (Å²) in [6, 6.07) is 11.6. The Morgan fingerprint density at radius 2 is 1.94 bits per heavy atom. The molecule has 0 aliphatic rings. The molecule has 32 heavy (non-hydrogen) atoms. The average Bonchev–Trinajstić information content (AvgIpc) is 3.19. The van der Waals surface area contributed by atoms with E-state index in [2.05, 4.69) is 36.8 Å². The van der Waals surface area contributed by atoms with Gasteiger partial charge in [-0.2, -0.15) is 9.61 Å². The fraction of sp³-hybridized carbons (Fsp3) is 0.182. The molecule has 0 aliphatic heterocycles. The van der Waals surface area contributed by atoms with Crippen molar-refractivity contribution in [2.75, 3.05) is 11.8 Å². The van der Waals surface area contributed by atoms with Crippen molar-refractivity contribution < 1.29 is 14.2 Å². The zero-order chi connectivity index (χ0) is 22.7. The van der Waals surface area contributed by atoms with Crippen LogP contribution in [0, 0.1) is 17.7 Å². The first-order valence-corrected chi connectivity index (χ1v) is 10.3. The molecular weight excluding hydrogens is 431 g/mol. The minimum absolute atomic E-state index is 0.294. The quantitative estimate of drug-likeness (QED) is 0.352. The summed E-state index contributed by atoms with van der Waals surface area (Å²) >= 11 is 1.31. The third-order valence-corrected chi connectivity index (χ3v) is 5.01. The Kier molecular flexibility index (Phi) is 5.94. The van der Waals surface area contributed by atoms with Gasteiger partial charge >= 0.3 is 0 Å². The number of pyridine rings is 1. The van der Waals surface area contributed by atoms with Crippen molar-refractivity contribution in [2.45, 2.75) is 24.3 Å². The van der Waals surface area contributed by atoms with E-state index in [1.54, 1.807) is 44.3 Å². The van der Waals surface area contributed by atoms with Crippen molar-refractivity contribution in [3.8, 4) is 29.0 Å². The van der Waals surface area contributed by atoms with Gasteiger partial charge in [0.15, 0.2) is 5.65 Å². The smallest absolute Gasteiger partial charge is 0.237 e. The van der Waals surface area contributed by atoms with E-state index in [9.17, 15) is 9.50 Å². The summed E-state index contributed by atoms with van der Waals surface area (Å²) in [7, 11) is 1.53. The third kappa shape index (κ3) is 4.96. The second-order valence-corrected chi connectivity index (χ2v) is 8.14. The monoisotopic (exact) mass is 450 g/mol. The number of anilines is 1. The van der Waals surface area contributed by atoms with Gasteiger partial charge in [-0.05, 0) is 74.2 Å². The van der Waals surface area contributed by atoms with E-state index >= 15 is 0 Å². The highest BCUT2D eigenvalue weighted by molar-refractivity contribution is 8.00. The first kappa shape index (κ1) is 21.5. The minimum atomic E-state index is -1.16. The second kappa shape index (κ2) is 8.82. The largest absolute Gasteiger partial charge is 0.480 e. The number of fused-ring (bicyclic) bond motifs is 1. The number of ether oxygens (including phenoxy) is 1. The SMILES string of the molecule is COc1ncc(-c2ccc3nnc(C#CC(C)(C)O)n3n2)cc1NSc1ccc(F)cc1. The summed E-state index contributed by atoms with van der Waals surface area (Å²) in [6.45, 7) is 3.17. The number of hydrogen-bond donors (Lipinski definition) is 2. The van der Waals surface area contributed by atoms with Crippen LogP contribution in [0.25, 0.3) is 16.9 Å². The summed E-state index contributed by atoms with van der Waals surface area (Å²) < 4.78 is 23.2. The fourth-order valence-electron chi connectivity index (χ4n) is 2.67. The third-order valence-electron chi connectivity index (χ3n) is 4.18. The first-order valence-electron chi connectivity index (χ1n) is 9.53. The van der Waals surface area contributed by atoms with Gasteiger partial charge in [-0.1, -0.05) is 5.92 Å². The molecule has 162 valence electrons. The molecule has 4 aromatic rings. The Hall–Kier alpha value is -3.68. The van der Waals surface area contributed by atoms with Gasteiger partial charge in [0.1, 0.15) is 17.1 Å². The van der Waals surface area contributed by atoms with E-state index in [1.807, 2.05) is 6.07 Å². The van der Waals surface area contributed by atoms with Crippen molar-refractivity contribution >= 4 is 23.3 Å². The number of halogens is 1. The lowest BCUT2D eigenvalue weighted by atomic mass is 10.1. The van der Waals surface area contributed by atoms with Gasteiger partial charge in [-0.25, -0.2) is 9.37 Å². The summed E-state index contributed by atoms with van der Waals surface area (Å²) in [5.41, 5.74) is 1.35. The van der Waals surface area contributed by atoms with Gasteiger partial charge in [0, 0.05) is 16.7 Å². The van der Waals surface area contributed by atoms with Crippen LogP contribution < -0.4 is 9.46 Å². The molecule has 0 bridgehead atoms. The highest BCUT2D eigenvalue weighted by Crippen LogP contribution is 2.31. The number of methoxy groups -OCH3 is 1. The minimum Gasteiger partial charge on any atom is -0.480 e. The molecule has 8 nitrogen and oxygen atoms in total. The molecular formula is C22H19FN6O2S. The van der Waals surface area contributed by atoms with Gasteiger partial charge in [0.05, 0.1) is 12.8 Å². The lowest BCUT2D eigenvalue weighted by molar-refractivity contribution is 0.143. The summed E-state index contributed by atoms with van der Waals surface area (Å²) in [5.74, 6) is 5.95. The topological polar surface area (TPSA) is 97.5 Å². The van der Waals surface area contributed by atoms with E-state index in [-0.39, 0.29) is 5.82 Å². The van der Waals surface area contributed by atoms with Crippen molar-refractivity contribution in [3.63, 3.8) is 0 Å². The van der Waals surface area contributed by atoms with E-state index in [0.29, 0.717) is 28.7 Å². The predicted molar refractivity (Wildman–Crippen MR) is 120 cm³/mol. The molecule has 1 aromatic carbocycles. The lowest BCUT2D eigenvalue weighted by Crippen LogP contribution is -2.14. The Morgan fingerprint density at radius 1 is 1.16 bits per heavy atom.